The molecule has 2 aromatic heterocycles. The van der Waals surface area contributed by atoms with Gasteiger partial charge in [0.25, 0.3) is 17.5 Å². The molecule has 0 saturated heterocycles. The quantitative estimate of drug-likeness (QED) is 0.0247. The lowest BCUT2D eigenvalue weighted by atomic mass is 9.99. The number of amides is 2. The molecule has 0 radical (unpaired) electrons. The molecule has 0 saturated carbocycles. The van der Waals surface area contributed by atoms with E-state index in [1.54, 1.807) is 58.6 Å². The number of nitrogens with zero attached hydrogens (tertiary/aromatic N) is 5. The molecule has 460 valence electrons. The van der Waals surface area contributed by atoms with Crippen LogP contribution in [0.25, 0.3) is 21.8 Å². The number of hydrogen-bond donors (Lipinski definition) is 0. The molecule has 15 nitrogen and oxygen atoms in total. The summed E-state index contributed by atoms with van der Waals surface area (Å²) in [4.78, 5) is 65.0. The molecule has 92 heavy (non-hydrogen) atoms. The Hall–Kier alpha value is -11.1. The first-order chi connectivity index (χ1) is 44.6. The molecule has 18 heteroatoms. The second-order valence-corrected chi connectivity index (χ2v) is 29.0. The number of ether oxygens (including phenoxy) is 5. The van der Waals surface area contributed by atoms with E-state index in [-0.39, 0.29) is 58.8 Å². The van der Waals surface area contributed by atoms with Gasteiger partial charge in [-0.2, -0.15) is 0 Å². The van der Waals surface area contributed by atoms with Crippen LogP contribution in [0.4, 0.5) is 19.3 Å². The first-order valence-corrected chi connectivity index (χ1v) is 33.6. The summed E-state index contributed by atoms with van der Waals surface area (Å²) in [5.74, 6) is 0.183. The predicted octanol–water partition coefficient (Wildman–Crippen LogP) is 16.6. The van der Waals surface area contributed by atoms with E-state index in [4.69, 9.17) is 28.7 Å². The summed E-state index contributed by atoms with van der Waals surface area (Å²) < 4.78 is 58.8. The summed E-state index contributed by atoms with van der Waals surface area (Å²) in [6.45, 7) is 8.40. The lowest BCUT2D eigenvalue weighted by Crippen LogP contribution is -2.23. The van der Waals surface area contributed by atoms with Crippen LogP contribution in [-0.4, -0.2) is 57.3 Å². The number of pyridine rings is 2. The highest BCUT2D eigenvalue weighted by molar-refractivity contribution is 6.76. The fourth-order valence-electron chi connectivity index (χ4n) is 11.3. The van der Waals surface area contributed by atoms with Gasteiger partial charge in [-0.05, 0) is 100 Å². The smallest absolute Gasteiger partial charge is 0.493 e. The van der Waals surface area contributed by atoms with Crippen LogP contribution < -0.4 is 23.7 Å². The maximum absolute atomic E-state index is 14.3. The maximum atomic E-state index is 14.3. The van der Waals surface area contributed by atoms with Crippen molar-refractivity contribution >= 4 is 53.5 Å². The molecule has 0 spiro atoms. The van der Waals surface area contributed by atoms with Gasteiger partial charge in [-0.3, -0.25) is 29.7 Å². The number of nitro benzene ring substituents is 1. The van der Waals surface area contributed by atoms with E-state index in [0.29, 0.717) is 58.8 Å². The standard InChI is InChI=1S/C38H26FN3O7.C36H35FN2O3Si/c39-27-15-13-24(14-16-27)22-41-23-31-32(37(41)43)36(48-34(25-8-3-1-4-9-25)26-10-5-2-6-11-26)33-30(12-7-21-40-33)35(31)49-38(44)47-29-19-17-28(18-20-29)42(45)46;1-43(2,3)22-21-41-34-29-15-10-20-38-32(29)35(42-33(26-11-6-4-7-12-26)27-13-8-5-9-14-27)31-30(34)24-39(36(31)40)23-25-16-18-28(37)19-17-25/h1-21,34H,22-23H2;4-20,33H,21-24H2,1-3H3. The van der Waals surface area contributed by atoms with E-state index < -0.39 is 43.1 Å². The Morgan fingerprint density at radius 3 is 1.33 bits per heavy atom. The van der Waals surface area contributed by atoms with Gasteiger partial charge < -0.3 is 33.5 Å². The van der Waals surface area contributed by atoms with E-state index in [1.165, 1.54) is 48.5 Å². The third-order valence-corrected chi connectivity index (χ3v) is 17.5. The SMILES string of the molecule is C[Si](C)(C)CCOc1c2c(c(OC(c3ccccc3)c3ccccc3)c3ncccc13)C(=O)N(Cc1ccc(F)cc1)C2.O=C(Oc1ccc([N+](=O)[O-])cc1)Oc1c2c(c(OC(c3ccccc3)c3ccccc3)c3ncccc13)C(=O)N(Cc1ccc(F)cc1)C2. The van der Waals surface area contributed by atoms with Crippen molar-refractivity contribution in [3.8, 4) is 28.7 Å². The van der Waals surface area contributed by atoms with Crippen molar-refractivity contribution in [1.29, 1.82) is 0 Å². The number of hydrogen-bond acceptors (Lipinski definition) is 12. The summed E-state index contributed by atoms with van der Waals surface area (Å²) in [5.41, 5.74) is 7.70. The molecule has 13 rings (SSSR count). The van der Waals surface area contributed by atoms with Crippen molar-refractivity contribution in [3.05, 3.63) is 308 Å². The second-order valence-electron chi connectivity index (χ2n) is 23.4. The zero-order chi connectivity index (χ0) is 63.9. The number of carbonyl (C=O) groups is 3. The number of carbonyl (C=O) groups excluding carboxylic acids is 3. The maximum Gasteiger partial charge on any atom is 0.519 e. The fourth-order valence-corrected chi connectivity index (χ4v) is 12.0. The Balaban J connectivity index is 0.000000179. The number of benzene rings is 9. The van der Waals surface area contributed by atoms with Gasteiger partial charge in [-0.15, -0.1) is 0 Å². The van der Waals surface area contributed by atoms with Gasteiger partial charge in [0.2, 0.25) is 0 Å². The van der Waals surface area contributed by atoms with E-state index in [1.807, 2.05) is 133 Å². The molecule has 2 amide bonds. The fraction of sp³-hybridized carbons (Fsp3) is 0.149. The minimum Gasteiger partial charge on any atom is -0.493 e. The number of aromatic nitrogens is 2. The molecule has 9 aromatic carbocycles. The minimum atomic E-state index is -1.37. The van der Waals surface area contributed by atoms with Crippen molar-refractivity contribution in [2.24, 2.45) is 0 Å². The van der Waals surface area contributed by atoms with Crippen molar-refractivity contribution in [2.75, 3.05) is 6.61 Å². The van der Waals surface area contributed by atoms with Gasteiger partial charge in [0, 0.05) is 67.6 Å². The molecule has 11 aromatic rings. The highest BCUT2D eigenvalue weighted by atomic mass is 28.3. The van der Waals surface area contributed by atoms with Crippen LogP contribution in [0.5, 0.6) is 28.7 Å². The van der Waals surface area contributed by atoms with Crippen molar-refractivity contribution in [2.45, 2.75) is 64.1 Å². The molecule has 2 aliphatic heterocycles. The third-order valence-electron chi connectivity index (χ3n) is 15.8. The predicted molar refractivity (Wildman–Crippen MR) is 348 cm³/mol. The largest absolute Gasteiger partial charge is 0.519 e. The average Bonchev–Trinajstić information content (AvgIpc) is 1.51. The van der Waals surface area contributed by atoms with Gasteiger partial charge in [0.05, 0.1) is 35.7 Å². The molecule has 0 aliphatic carbocycles. The molecule has 0 unspecified atom stereocenters. The first kappa shape index (κ1) is 61.1. The number of nitro groups is 1. The molecular weight excluding hydrogens is 1180 g/mol. The van der Waals surface area contributed by atoms with Gasteiger partial charge in [0.1, 0.15) is 52.1 Å². The molecule has 4 heterocycles. The molecule has 0 N–H and O–H groups in total. The van der Waals surface area contributed by atoms with Gasteiger partial charge in [-0.25, -0.2) is 13.6 Å². The summed E-state index contributed by atoms with van der Waals surface area (Å²) in [5, 5.41) is 12.3. The Morgan fingerprint density at radius 2 is 0.924 bits per heavy atom. The highest BCUT2D eigenvalue weighted by Gasteiger charge is 2.40. The Labute approximate surface area is 530 Å². The average molecular weight is 1250 g/mol. The highest BCUT2D eigenvalue weighted by Crippen LogP contribution is 2.49. The van der Waals surface area contributed by atoms with Crippen LogP contribution in [0.3, 0.4) is 0 Å². The number of fused-ring (bicyclic) bond motifs is 4. The third kappa shape index (κ3) is 13.6. The van der Waals surface area contributed by atoms with Gasteiger partial charge in [0.15, 0.2) is 11.5 Å². The Bertz CT molecular complexity index is 4410. The van der Waals surface area contributed by atoms with Crippen LogP contribution in [0.1, 0.15) is 77.4 Å². The minimum absolute atomic E-state index is 0.0252. The zero-order valence-corrected chi connectivity index (χ0v) is 51.4. The number of non-ortho nitro benzene ring substituents is 1. The van der Waals surface area contributed by atoms with Crippen molar-refractivity contribution < 1.29 is 51.8 Å². The molecule has 0 atom stereocenters. The van der Waals surface area contributed by atoms with Crippen molar-refractivity contribution in [3.63, 3.8) is 0 Å². The lowest BCUT2D eigenvalue weighted by molar-refractivity contribution is -0.384. The normalized spacial score (nSPS) is 12.6. The monoisotopic (exact) mass is 1250 g/mol. The zero-order valence-electron chi connectivity index (χ0n) is 50.4. The lowest BCUT2D eigenvalue weighted by Gasteiger charge is -2.24. The van der Waals surface area contributed by atoms with E-state index in [9.17, 15) is 33.3 Å². The van der Waals surface area contributed by atoms with Crippen LogP contribution in [0, 0.1) is 21.7 Å². The molecule has 0 fully saturated rings. The summed E-state index contributed by atoms with van der Waals surface area (Å²) in [6, 6.07) is 64.5. The van der Waals surface area contributed by atoms with Crippen molar-refractivity contribution in [1.82, 2.24) is 19.8 Å². The second kappa shape index (κ2) is 26.9. The van der Waals surface area contributed by atoms with E-state index in [0.717, 1.165) is 44.8 Å². The summed E-state index contributed by atoms with van der Waals surface area (Å²) in [6.07, 6.45) is 1.06. The van der Waals surface area contributed by atoms with E-state index in [2.05, 4.69) is 24.6 Å². The molecular formula is C74H61F2N5O10Si. The Morgan fingerprint density at radius 1 is 0.522 bits per heavy atom. The summed E-state index contributed by atoms with van der Waals surface area (Å²) in [7, 11) is -1.37. The summed E-state index contributed by atoms with van der Waals surface area (Å²) >= 11 is 0. The van der Waals surface area contributed by atoms with Crippen LogP contribution >= 0.6 is 0 Å². The Kier molecular flexibility index (Phi) is 17.9. The first-order valence-electron chi connectivity index (χ1n) is 29.9. The molecule has 2 aliphatic rings. The topological polar surface area (TPSA) is 173 Å². The van der Waals surface area contributed by atoms with Crippen LogP contribution in [-0.2, 0) is 26.2 Å². The van der Waals surface area contributed by atoms with E-state index >= 15 is 0 Å². The van der Waals surface area contributed by atoms with Gasteiger partial charge in [-0.1, -0.05) is 165 Å². The number of halogens is 2. The van der Waals surface area contributed by atoms with Crippen LogP contribution in [0.2, 0.25) is 25.7 Å². The van der Waals surface area contributed by atoms with Gasteiger partial charge >= 0.3 is 6.16 Å². The molecule has 0 bridgehead atoms. The number of rotatable bonds is 19. The van der Waals surface area contributed by atoms with Crippen LogP contribution in [0.15, 0.2) is 231 Å².